The van der Waals surface area contributed by atoms with E-state index in [1.165, 1.54) is 0 Å². The maximum Gasteiger partial charge on any atom is 0.230 e. The zero-order valence-electron chi connectivity index (χ0n) is 11.2. The predicted molar refractivity (Wildman–Crippen MR) is 77.5 cm³/mol. The highest BCUT2D eigenvalue weighted by atomic mass is 35.5. The molecule has 20 heavy (non-hydrogen) atoms. The van der Waals surface area contributed by atoms with E-state index in [2.05, 4.69) is 20.3 Å². The molecule has 1 aliphatic rings. The van der Waals surface area contributed by atoms with Crippen molar-refractivity contribution >= 4 is 23.5 Å². The second-order valence-electron chi connectivity index (χ2n) is 4.67. The molecule has 1 unspecified atom stereocenters. The molecule has 0 saturated heterocycles. The molecule has 0 amide bonds. The molecule has 1 N–H and O–H groups in total. The van der Waals surface area contributed by atoms with Crippen molar-refractivity contribution in [3.05, 3.63) is 35.1 Å². The zero-order valence-corrected chi connectivity index (χ0v) is 11.9. The summed E-state index contributed by atoms with van der Waals surface area (Å²) in [4.78, 5) is 14.3. The minimum Gasteiger partial charge on any atom is -0.491 e. The molecule has 0 fully saturated rings. The number of nitrogens with one attached hydrogen (secondary N) is 1. The number of ether oxygens (including phenoxy) is 1. The third-order valence-electron chi connectivity index (χ3n) is 3.00. The summed E-state index contributed by atoms with van der Waals surface area (Å²) >= 11 is 5.92. The summed E-state index contributed by atoms with van der Waals surface area (Å²) in [5, 5.41) is 3.40. The van der Waals surface area contributed by atoms with Crippen LogP contribution < -0.4 is 15.0 Å². The molecule has 0 radical (unpaired) electrons. The number of anilines is 2. The SMILES string of the molecule is CN(C)c1nc(Cl)nc(NC2COc3ccccc32)n1. The van der Waals surface area contributed by atoms with Gasteiger partial charge in [-0.25, -0.2) is 0 Å². The number of para-hydroxylation sites is 1. The van der Waals surface area contributed by atoms with Gasteiger partial charge in [-0.2, -0.15) is 15.0 Å². The summed E-state index contributed by atoms with van der Waals surface area (Å²) in [5.41, 5.74) is 1.09. The third-order valence-corrected chi connectivity index (χ3v) is 3.17. The van der Waals surface area contributed by atoms with Gasteiger partial charge >= 0.3 is 0 Å². The zero-order chi connectivity index (χ0) is 14.1. The van der Waals surface area contributed by atoms with Crippen LogP contribution in [-0.2, 0) is 0 Å². The minimum atomic E-state index is 0.0136. The fraction of sp³-hybridized carbons (Fsp3) is 0.308. The topological polar surface area (TPSA) is 63.2 Å². The first-order valence-corrected chi connectivity index (χ1v) is 6.58. The maximum absolute atomic E-state index is 5.92. The van der Waals surface area contributed by atoms with E-state index in [1.54, 1.807) is 4.90 Å². The van der Waals surface area contributed by atoms with Gasteiger partial charge in [0.25, 0.3) is 0 Å². The lowest BCUT2D eigenvalue weighted by Gasteiger charge is -2.14. The largest absolute Gasteiger partial charge is 0.491 e. The number of hydrogen-bond acceptors (Lipinski definition) is 6. The second-order valence-corrected chi connectivity index (χ2v) is 5.01. The molecule has 0 spiro atoms. The first-order chi connectivity index (χ1) is 9.63. The highest BCUT2D eigenvalue weighted by molar-refractivity contribution is 6.28. The lowest BCUT2D eigenvalue weighted by atomic mass is 10.1. The highest BCUT2D eigenvalue weighted by Gasteiger charge is 2.24. The molecular weight excluding hydrogens is 278 g/mol. The number of fused-ring (bicyclic) bond motifs is 1. The Morgan fingerprint density at radius 2 is 2.05 bits per heavy atom. The molecule has 7 heteroatoms. The molecule has 1 aromatic carbocycles. The van der Waals surface area contributed by atoms with E-state index < -0.39 is 0 Å². The van der Waals surface area contributed by atoms with Crippen LogP contribution in [0.5, 0.6) is 5.75 Å². The van der Waals surface area contributed by atoms with Crippen LogP contribution >= 0.6 is 11.6 Å². The van der Waals surface area contributed by atoms with Crippen molar-refractivity contribution in [2.24, 2.45) is 0 Å². The Bertz CT molecular complexity index is 634. The fourth-order valence-corrected chi connectivity index (χ4v) is 2.20. The molecule has 2 aromatic rings. The molecular formula is C13H14ClN5O. The quantitative estimate of drug-likeness (QED) is 0.935. The van der Waals surface area contributed by atoms with Gasteiger partial charge in [0, 0.05) is 19.7 Å². The Balaban J connectivity index is 1.86. The molecule has 0 aliphatic carbocycles. The molecule has 3 rings (SSSR count). The normalized spacial score (nSPS) is 16.4. The molecule has 1 aliphatic heterocycles. The fourth-order valence-electron chi connectivity index (χ4n) is 2.04. The van der Waals surface area contributed by atoms with Crippen molar-refractivity contribution in [1.82, 2.24) is 15.0 Å². The summed E-state index contributed by atoms with van der Waals surface area (Å²) in [6, 6.07) is 7.91. The Morgan fingerprint density at radius 3 is 2.85 bits per heavy atom. The van der Waals surface area contributed by atoms with Crippen molar-refractivity contribution < 1.29 is 4.74 Å². The first kappa shape index (κ1) is 12.9. The van der Waals surface area contributed by atoms with E-state index >= 15 is 0 Å². The molecule has 1 atom stereocenters. The predicted octanol–water partition coefficient (Wildman–Crippen LogP) is 2.14. The third kappa shape index (κ3) is 2.46. The van der Waals surface area contributed by atoms with Gasteiger partial charge in [0.1, 0.15) is 12.4 Å². The average molecular weight is 292 g/mol. The molecule has 0 bridgehead atoms. The summed E-state index contributed by atoms with van der Waals surface area (Å²) in [7, 11) is 3.70. The maximum atomic E-state index is 5.92. The summed E-state index contributed by atoms with van der Waals surface area (Å²) in [5.74, 6) is 1.84. The number of benzene rings is 1. The first-order valence-electron chi connectivity index (χ1n) is 6.20. The van der Waals surface area contributed by atoms with Crippen LogP contribution in [0.3, 0.4) is 0 Å². The Morgan fingerprint density at radius 1 is 1.25 bits per heavy atom. The lowest BCUT2D eigenvalue weighted by Crippen LogP contribution is -2.18. The van der Waals surface area contributed by atoms with Gasteiger partial charge in [0.05, 0.1) is 6.04 Å². The molecule has 1 aromatic heterocycles. The number of nitrogens with zero attached hydrogens (tertiary/aromatic N) is 4. The van der Waals surface area contributed by atoms with Crippen LogP contribution in [0.1, 0.15) is 11.6 Å². The molecule has 6 nitrogen and oxygen atoms in total. The number of halogens is 1. The smallest absolute Gasteiger partial charge is 0.230 e. The van der Waals surface area contributed by atoms with Crippen LogP contribution in [0.2, 0.25) is 5.28 Å². The van der Waals surface area contributed by atoms with E-state index in [9.17, 15) is 0 Å². The van der Waals surface area contributed by atoms with E-state index in [4.69, 9.17) is 16.3 Å². The van der Waals surface area contributed by atoms with Crippen molar-refractivity contribution in [3.8, 4) is 5.75 Å². The Kier molecular flexibility index (Phi) is 3.31. The van der Waals surface area contributed by atoms with Crippen LogP contribution in [0.15, 0.2) is 24.3 Å². The van der Waals surface area contributed by atoms with E-state index in [-0.39, 0.29) is 11.3 Å². The van der Waals surface area contributed by atoms with Crippen molar-refractivity contribution in [3.63, 3.8) is 0 Å². The van der Waals surface area contributed by atoms with Gasteiger partial charge < -0.3 is 15.0 Å². The van der Waals surface area contributed by atoms with Gasteiger partial charge in [0.15, 0.2) is 0 Å². The van der Waals surface area contributed by atoms with Crippen LogP contribution in [0.4, 0.5) is 11.9 Å². The van der Waals surface area contributed by atoms with Crippen LogP contribution in [0, 0.1) is 0 Å². The average Bonchev–Trinajstić information content (AvgIpc) is 2.82. The highest BCUT2D eigenvalue weighted by Crippen LogP contribution is 2.33. The van der Waals surface area contributed by atoms with E-state index in [0.717, 1.165) is 11.3 Å². The van der Waals surface area contributed by atoms with E-state index in [0.29, 0.717) is 18.5 Å². The molecule has 104 valence electrons. The van der Waals surface area contributed by atoms with Gasteiger partial charge in [0.2, 0.25) is 17.2 Å². The van der Waals surface area contributed by atoms with Gasteiger partial charge in [-0.05, 0) is 17.7 Å². The van der Waals surface area contributed by atoms with Crippen LogP contribution in [-0.4, -0.2) is 35.7 Å². The summed E-state index contributed by atoms with van der Waals surface area (Å²) in [6.07, 6.45) is 0. The molecule has 2 heterocycles. The standard InChI is InChI=1S/C13H14ClN5O/c1-19(2)13-17-11(14)16-12(18-13)15-9-7-20-10-6-4-3-5-8(9)10/h3-6,9H,7H2,1-2H3,(H,15,16,17,18). The van der Waals surface area contributed by atoms with Crippen molar-refractivity contribution in [1.29, 1.82) is 0 Å². The second kappa shape index (κ2) is 5.13. The van der Waals surface area contributed by atoms with Gasteiger partial charge in [-0.1, -0.05) is 18.2 Å². The van der Waals surface area contributed by atoms with Crippen molar-refractivity contribution in [2.75, 3.05) is 30.9 Å². The number of aromatic nitrogens is 3. The van der Waals surface area contributed by atoms with E-state index in [1.807, 2.05) is 38.4 Å². The summed E-state index contributed by atoms with van der Waals surface area (Å²) < 4.78 is 5.61. The summed E-state index contributed by atoms with van der Waals surface area (Å²) in [6.45, 7) is 0.542. The Labute approximate surface area is 121 Å². The van der Waals surface area contributed by atoms with Crippen molar-refractivity contribution in [2.45, 2.75) is 6.04 Å². The monoisotopic (exact) mass is 291 g/mol. The Hall–Kier alpha value is -2.08. The number of rotatable bonds is 3. The van der Waals surface area contributed by atoms with Gasteiger partial charge in [-0.3, -0.25) is 0 Å². The van der Waals surface area contributed by atoms with Gasteiger partial charge in [-0.15, -0.1) is 0 Å². The van der Waals surface area contributed by atoms with Crippen LogP contribution in [0.25, 0.3) is 0 Å². The number of hydrogen-bond donors (Lipinski definition) is 1. The minimum absolute atomic E-state index is 0.0136. The lowest BCUT2D eigenvalue weighted by molar-refractivity contribution is 0.339. The molecule has 0 saturated carbocycles.